The van der Waals surface area contributed by atoms with Gasteiger partial charge in [0.1, 0.15) is 0 Å². The summed E-state index contributed by atoms with van der Waals surface area (Å²) in [5.41, 5.74) is 5.64. The maximum Gasteiger partial charge on any atom is 0.0899 e. The third-order valence-corrected chi connectivity index (χ3v) is 3.25. The third kappa shape index (κ3) is 3.19. The van der Waals surface area contributed by atoms with Gasteiger partial charge < -0.3 is 10.6 Å². The molecule has 0 aromatic carbocycles. The Hall–Kier alpha value is -0.190. The molecule has 0 saturated carbocycles. The van der Waals surface area contributed by atoms with Gasteiger partial charge in [0.15, 0.2) is 0 Å². The molecular weight excluding hydrogens is 194 g/mol. The fraction of sp³-hybridized carbons (Fsp3) is 0.900. The second kappa shape index (κ2) is 5.63. The first kappa shape index (κ1) is 11.9. The van der Waals surface area contributed by atoms with Gasteiger partial charge in [-0.25, -0.2) is 0 Å². The van der Waals surface area contributed by atoms with Gasteiger partial charge in [0.05, 0.1) is 11.0 Å². The van der Waals surface area contributed by atoms with Crippen molar-refractivity contribution in [1.29, 1.82) is 0 Å². The summed E-state index contributed by atoms with van der Waals surface area (Å²) in [6.45, 7) is 10.0. The minimum Gasteiger partial charge on any atom is -0.392 e. The molecule has 1 aliphatic heterocycles. The van der Waals surface area contributed by atoms with Gasteiger partial charge in [0.2, 0.25) is 0 Å². The first-order chi connectivity index (χ1) is 6.65. The van der Waals surface area contributed by atoms with Crippen LogP contribution in [0.25, 0.3) is 0 Å². The molecule has 0 spiro atoms. The molecule has 0 amide bonds. The molecule has 1 atom stereocenters. The maximum atomic E-state index is 5.64. The highest BCUT2D eigenvalue weighted by Gasteiger charge is 2.21. The van der Waals surface area contributed by atoms with Crippen LogP contribution >= 0.6 is 12.2 Å². The molecule has 14 heavy (non-hydrogen) atoms. The summed E-state index contributed by atoms with van der Waals surface area (Å²) >= 11 is 5.00. The lowest BCUT2D eigenvalue weighted by molar-refractivity contribution is 0.123. The summed E-state index contributed by atoms with van der Waals surface area (Å²) < 4.78 is 0. The normalized spacial score (nSPS) is 22.1. The largest absolute Gasteiger partial charge is 0.392 e. The molecule has 1 saturated heterocycles. The second-order valence-corrected chi connectivity index (χ2v) is 4.43. The number of nitrogens with two attached hydrogens (primary N) is 1. The lowest BCUT2D eigenvalue weighted by atomic mass is 10.2. The van der Waals surface area contributed by atoms with Crippen LogP contribution in [0.2, 0.25) is 0 Å². The van der Waals surface area contributed by atoms with Gasteiger partial charge >= 0.3 is 0 Å². The second-order valence-electron chi connectivity index (χ2n) is 3.96. The van der Waals surface area contributed by atoms with Crippen LogP contribution in [0.15, 0.2) is 0 Å². The van der Waals surface area contributed by atoms with Crippen LogP contribution in [-0.4, -0.2) is 53.6 Å². The van der Waals surface area contributed by atoms with Gasteiger partial charge in [0.25, 0.3) is 0 Å². The van der Waals surface area contributed by atoms with Crippen LogP contribution in [0.5, 0.6) is 0 Å². The molecule has 82 valence electrons. The van der Waals surface area contributed by atoms with E-state index in [0.29, 0.717) is 4.99 Å². The summed E-state index contributed by atoms with van der Waals surface area (Å²) in [7, 11) is 0. The molecule has 1 rings (SSSR count). The van der Waals surface area contributed by atoms with E-state index in [0.717, 1.165) is 26.2 Å². The van der Waals surface area contributed by atoms with E-state index >= 15 is 0 Å². The van der Waals surface area contributed by atoms with E-state index in [1.165, 1.54) is 13.0 Å². The molecule has 1 heterocycles. The number of hydrogen-bond acceptors (Lipinski definition) is 3. The number of rotatable bonds is 4. The molecule has 0 aliphatic carbocycles. The predicted octanol–water partition coefficient (Wildman–Crippen LogP) is 0.689. The molecule has 1 aliphatic rings. The van der Waals surface area contributed by atoms with Crippen molar-refractivity contribution >= 4 is 17.2 Å². The fourth-order valence-electron chi connectivity index (χ4n) is 1.87. The van der Waals surface area contributed by atoms with Crippen LogP contribution in [0, 0.1) is 0 Å². The minimum atomic E-state index is 0.258. The van der Waals surface area contributed by atoms with Gasteiger partial charge in [-0.05, 0) is 19.9 Å². The van der Waals surface area contributed by atoms with E-state index in [1.54, 1.807) is 0 Å². The smallest absolute Gasteiger partial charge is 0.0899 e. The number of nitrogens with zero attached hydrogens (tertiary/aromatic N) is 2. The highest BCUT2D eigenvalue weighted by Crippen LogP contribution is 2.06. The van der Waals surface area contributed by atoms with E-state index in [2.05, 4.69) is 23.6 Å². The monoisotopic (exact) mass is 215 g/mol. The van der Waals surface area contributed by atoms with Crippen molar-refractivity contribution in [1.82, 2.24) is 9.80 Å². The molecule has 0 aromatic rings. The Morgan fingerprint density at radius 2 is 1.93 bits per heavy atom. The molecule has 0 aromatic heterocycles. The average Bonchev–Trinajstić information content (AvgIpc) is 2.18. The molecule has 1 unspecified atom stereocenters. The van der Waals surface area contributed by atoms with E-state index in [-0.39, 0.29) is 6.04 Å². The molecule has 2 N–H and O–H groups in total. The zero-order valence-corrected chi connectivity index (χ0v) is 10.0. The maximum absolute atomic E-state index is 5.64. The lowest BCUT2D eigenvalue weighted by Gasteiger charge is -2.37. The standard InChI is InChI=1S/C10H21N3S/c1-3-4-12-5-7-13(8-6-12)9(2)10(11)14/h9H,3-8H2,1-2H3,(H2,11,14). The Labute approximate surface area is 92.2 Å². The Bertz CT molecular complexity index is 188. The topological polar surface area (TPSA) is 32.5 Å². The van der Waals surface area contributed by atoms with Crippen molar-refractivity contribution in [3.8, 4) is 0 Å². The number of thiocarbonyl (C=S) groups is 1. The zero-order valence-electron chi connectivity index (χ0n) is 9.20. The van der Waals surface area contributed by atoms with Crippen molar-refractivity contribution in [2.45, 2.75) is 26.3 Å². The summed E-state index contributed by atoms with van der Waals surface area (Å²) in [5.74, 6) is 0. The van der Waals surface area contributed by atoms with E-state index < -0.39 is 0 Å². The van der Waals surface area contributed by atoms with Crippen LogP contribution in [0.1, 0.15) is 20.3 Å². The summed E-state index contributed by atoms with van der Waals surface area (Å²) in [4.78, 5) is 5.49. The Balaban J connectivity index is 2.31. The van der Waals surface area contributed by atoms with E-state index in [1.807, 2.05) is 0 Å². The molecular formula is C10H21N3S. The van der Waals surface area contributed by atoms with Gasteiger partial charge in [-0.2, -0.15) is 0 Å². The summed E-state index contributed by atoms with van der Waals surface area (Å²) in [5, 5.41) is 0. The molecule has 1 fully saturated rings. The van der Waals surface area contributed by atoms with Crippen LogP contribution in [-0.2, 0) is 0 Å². The van der Waals surface area contributed by atoms with Gasteiger partial charge in [-0.15, -0.1) is 0 Å². The Kier molecular flexibility index (Phi) is 4.78. The number of hydrogen-bond donors (Lipinski definition) is 1. The van der Waals surface area contributed by atoms with E-state index in [4.69, 9.17) is 18.0 Å². The lowest BCUT2D eigenvalue weighted by Crippen LogP contribution is -2.52. The Morgan fingerprint density at radius 1 is 1.36 bits per heavy atom. The van der Waals surface area contributed by atoms with Crippen molar-refractivity contribution in [2.75, 3.05) is 32.7 Å². The molecule has 0 bridgehead atoms. The van der Waals surface area contributed by atoms with Gasteiger partial charge in [0, 0.05) is 26.2 Å². The summed E-state index contributed by atoms with van der Waals surface area (Å²) in [6, 6.07) is 0.258. The van der Waals surface area contributed by atoms with Crippen LogP contribution in [0.3, 0.4) is 0 Å². The van der Waals surface area contributed by atoms with Crippen LogP contribution < -0.4 is 5.73 Å². The number of piperazine rings is 1. The fourth-order valence-corrected chi connectivity index (χ4v) is 2.02. The molecule has 0 radical (unpaired) electrons. The highest BCUT2D eigenvalue weighted by atomic mass is 32.1. The minimum absolute atomic E-state index is 0.258. The Morgan fingerprint density at radius 3 is 2.36 bits per heavy atom. The SMILES string of the molecule is CCCN1CCN(C(C)C(N)=S)CC1. The van der Waals surface area contributed by atoms with Crippen molar-refractivity contribution in [2.24, 2.45) is 5.73 Å². The van der Waals surface area contributed by atoms with Gasteiger partial charge in [-0.1, -0.05) is 19.1 Å². The molecule has 4 heteroatoms. The van der Waals surface area contributed by atoms with Crippen molar-refractivity contribution in [3.63, 3.8) is 0 Å². The first-order valence-corrected chi connectivity index (χ1v) is 5.81. The van der Waals surface area contributed by atoms with E-state index in [9.17, 15) is 0 Å². The quantitative estimate of drug-likeness (QED) is 0.699. The van der Waals surface area contributed by atoms with Gasteiger partial charge in [-0.3, -0.25) is 4.90 Å². The summed E-state index contributed by atoms with van der Waals surface area (Å²) in [6.07, 6.45) is 1.24. The van der Waals surface area contributed by atoms with Crippen molar-refractivity contribution < 1.29 is 0 Å². The molecule has 3 nitrogen and oxygen atoms in total. The first-order valence-electron chi connectivity index (χ1n) is 5.41. The zero-order chi connectivity index (χ0) is 10.6. The van der Waals surface area contributed by atoms with Crippen molar-refractivity contribution in [3.05, 3.63) is 0 Å². The average molecular weight is 215 g/mol. The predicted molar refractivity (Wildman–Crippen MR) is 64.6 cm³/mol. The third-order valence-electron chi connectivity index (χ3n) is 2.91. The van der Waals surface area contributed by atoms with Crippen LogP contribution in [0.4, 0.5) is 0 Å². The highest BCUT2D eigenvalue weighted by molar-refractivity contribution is 7.80.